The molecule has 5 heteroatoms. The lowest BCUT2D eigenvalue weighted by Gasteiger charge is -2.30. The van der Waals surface area contributed by atoms with E-state index in [0.29, 0.717) is 0 Å². The topological polar surface area (TPSA) is 28.2 Å². The minimum Gasteiger partial charge on any atom is -0.381 e. The molecule has 1 aromatic heterocycles. The van der Waals surface area contributed by atoms with E-state index in [-0.39, 0.29) is 0 Å². The average molecular weight is 384 g/mol. The summed E-state index contributed by atoms with van der Waals surface area (Å²) in [7, 11) is 0. The zero-order chi connectivity index (χ0) is 17.9. The van der Waals surface area contributed by atoms with Gasteiger partial charge in [-0.1, -0.05) is 29.3 Å². The molecule has 0 unspecified atom stereocenters. The van der Waals surface area contributed by atoms with E-state index in [9.17, 15) is 0 Å². The molecule has 132 valence electrons. The van der Waals surface area contributed by atoms with Gasteiger partial charge in [0.05, 0.1) is 11.9 Å². The first-order valence-corrected chi connectivity index (χ1v) is 9.38. The molecule has 0 fully saturated rings. The lowest BCUT2D eigenvalue weighted by molar-refractivity contribution is 0.729. The summed E-state index contributed by atoms with van der Waals surface area (Å²) < 4.78 is 0. The van der Waals surface area contributed by atoms with Crippen LogP contribution in [0.5, 0.6) is 0 Å². The van der Waals surface area contributed by atoms with E-state index < -0.39 is 0 Å². The van der Waals surface area contributed by atoms with Gasteiger partial charge in [0, 0.05) is 41.6 Å². The van der Waals surface area contributed by atoms with Crippen LogP contribution < -0.4 is 10.2 Å². The summed E-state index contributed by atoms with van der Waals surface area (Å²) in [4.78, 5) is 6.80. The summed E-state index contributed by atoms with van der Waals surface area (Å²) >= 11 is 12.0. The second kappa shape index (κ2) is 7.56. The molecule has 0 atom stereocenters. The third-order valence-corrected chi connectivity index (χ3v) is 5.15. The second-order valence-corrected chi connectivity index (χ2v) is 7.37. The fourth-order valence-corrected chi connectivity index (χ4v) is 3.58. The number of nitrogens with zero attached hydrogens (tertiary/aromatic N) is 2. The van der Waals surface area contributed by atoms with Crippen LogP contribution in [0.25, 0.3) is 0 Å². The number of hydrogen-bond donors (Lipinski definition) is 1. The molecule has 2 heterocycles. The standard InChI is InChI=1S/C21H19Cl2N3/c22-18-3-5-20(6-4-18)25-12-15-9-21(13-24-11-15)26-8-7-16-10-19(23)2-1-17(16)14-26/h1-6,9-11,13,25H,7-8,12,14H2. The van der Waals surface area contributed by atoms with Crippen molar-refractivity contribution in [1.82, 2.24) is 4.98 Å². The van der Waals surface area contributed by atoms with Crippen molar-refractivity contribution in [3.05, 3.63) is 87.7 Å². The van der Waals surface area contributed by atoms with E-state index >= 15 is 0 Å². The molecule has 1 aliphatic heterocycles. The predicted octanol–water partition coefficient (Wildman–Crippen LogP) is 5.56. The highest BCUT2D eigenvalue weighted by molar-refractivity contribution is 6.30. The van der Waals surface area contributed by atoms with E-state index in [0.717, 1.165) is 53.0 Å². The normalized spacial score (nSPS) is 13.4. The summed E-state index contributed by atoms with van der Waals surface area (Å²) in [6, 6.07) is 16.1. The van der Waals surface area contributed by atoms with Gasteiger partial charge in [0.1, 0.15) is 0 Å². The number of fused-ring (bicyclic) bond motifs is 1. The van der Waals surface area contributed by atoms with Crippen LogP contribution in [0, 0.1) is 0 Å². The van der Waals surface area contributed by atoms with Gasteiger partial charge >= 0.3 is 0 Å². The minimum absolute atomic E-state index is 0.725. The smallest absolute Gasteiger partial charge is 0.0559 e. The van der Waals surface area contributed by atoms with E-state index in [1.807, 2.05) is 42.7 Å². The maximum absolute atomic E-state index is 6.11. The molecule has 3 aromatic rings. The number of pyridine rings is 1. The zero-order valence-electron chi connectivity index (χ0n) is 14.3. The Balaban J connectivity index is 1.46. The van der Waals surface area contributed by atoms with Crippen LogP contribution >= 0.6 is 23.2 Å². The Bertz CT molecular complexity index is 909. The maximum Gasteiger partial charge on any atom is 0.0559 e. The van der Waals surface area contributed by atoms with Gasteiger partial charge in [-0.15, -0.1) is 0 Å². The molecule has 26 heavy (non-hydrogen) atoms. The van der Waals surface area contributed by atoms with Crippen molar-refractivity contribution in [1.29, 1.82) is 0 Å². The number of nitrogens with one attached hydrogen (secondary N) is 1. The highest BCUT2D eigenvalue weighted by atomic mass is 35.5. The Kier molecular flexibility index (Phi) is 5.00. The van der Waals surface area contributed by atoms with Gasteiger partial charge in [0.15, 0.2) is 0 Å². The van der Waals surface area contributed by atoms with Crippen molar-refractivity contribution in [3.8, 4) is 0 Å². The van der Waals surface area contributed by atoms with Gasteiger partial charge in [-0.2, -0.15) is 0 Å². The Hall–Kier alpha value is -2.23. The highest BCUT2D eigenvalue weighted by Gasteiger charge is 2.17. The molecule has 0 radical (unpaired) electrons. The number of anilines is 2. The monoisotopic (exact) mass is 383 g/mol. The quantitative estimate of drug-likeness (QED) is 0.638. The Morgan fingerprint density at radius 2 is 1.73 bits per heavy atom. The SMILES string of the molecule is Clc1ccc(NCc2cncc(N3CCc4cc(Cl)ccc4C3)c2)cc1. The van der Waals surface area contributed by atoms with Crippen molar-refractivity contribution in [2.24, 2.45) is 0 Å². The molecular weight excluding hydrogens is 365 g/mol. The van der Waals surface area contributed by atoms with E-state index in [1.165, 1.54) is 11.1 Å². The Morgan fingerprint density at radius 3 is 2.58 bits per heavy atom. The molecule has 1 aliphatic rings. The molecule has 4 rings (SSSR count). The number of aromatic nitrogens is 1. The zero-order valence-corrected chi connectivity index (χ0v) is 15.8. The molecule has 2 aromatic carbocycles. The molecule has 0 aliphatic carbocycles. The lowest BCUT2D eigenvalue weighted by Crippen LogP contribution is -2.30. The number of benzene rings is 2. The average Bonchev–Trinajstić information content (AvgIpc) is 2.67. The van der Waals surface area contributed by atoms with Crippen LogP contribution in [-0.2, 0) is 19.5 Å². The molecule has 0 saturated heterocycles. The Morgan fingerprint density at radius 1 is 0.923 bits per heavy atom. The maximum atomic E-state index is 6.11. The van der Waals surface area contributed by atoms with Crippen molar-refractivity contribution in [2.75, 3.05) is 16.8 Å². The molecule has 0 saturated carbocycles. The third kappa shape index (κ3) is 3.95. The highest BCUT2D eigenvalue weighted by Crippen LogP contribution is 2.26. The summed E-state index contributed by atoms with van der Waals surface area (Å²) in [6.07, 6.45) is 4.85. The van der Waals surface area contributed by atoms with E-state index in [2.05, 4.69) is 33.4 Å². The molecule has 1 N–H and O–H groups in total. The van der Waals surface area contributed by atoms with Crippen LogP contribution in [0.1, 0.15) is 16.7 Å². The van der Waals surface area contributed by atoms with Crippen LogP contribution in [0.15, 0.2) is 60.9 Å². The largest absolute Gasteiger partial charge is 0.381 e. The predicted molar refractivity (Wildman–Crippen MR) is 109 cm³/mol. The van der Waals surface area contributed by atoms with Crippen LogP contribution in [-0.4, -0.2) is 11.5 Å². The summed E-state index contributed by atoms with van der Waals surface area (Å²) in [5.41, 5.74) is 6.04. The van der Waals surface area contributed by atoms with Crippen molar-refractivity contribution >= 4 is 34.6 Å². The second-order valence-electron chi connectivity index (χ2n) is 6.50. The number of hydrogen-bond acceptors (Lipinski definition) is 3. The van der Waals surface area contributed by atoms with Crippen molar-refractivity contribution in [3.63, 3.8) is 0 Å². The fraction of sp³-hybridized carbons (Fsp3) is 0.190. The van der Waals surface area contributed by atoms with Crippen molar-refractivity contribution < 1.29 is 0 Å². The van der Waals surface area contributed by atoms with Crippen molar-refractivity contribution in [2.45, 2.75) is 19.5 Å². The van der Waals surface area contributed by atoms with Gasteiger partial charge in [-0.05, 0) is 65.6 Å². The Labute approximate surface area is 163 Å². The fourth-order valence-electron chi connectivity index (χ4n) is 3.26. The van der Waals surface area contributed by atoms with Gasteiger partial charge in [-0.3, -0.25) is 4.98 Å². The van der Waals surface area contributed by atoms with Gasteiger partial charge in [0.2, 0.25) is 0 Å². The lowest BCUT2D eigenvalue weighted by atomic mass is 9.99. The van der Waals surface area contributed by atoms with Gasteiger partial charge < -0.3 is 10.2 Å². The molecular formula is C21H19Cl2N3. The summed E-state index contributed by atoms with van der Waals surface area (Å²) in [6.45, 7) is 2.59. The minimum atomic E-state index is 0.725. The first kappa shape index (κ1) is 17.2. The molecule has 0 spiro atoms. The van der Waals surface area contributed by atoms with Crippen LogP contribution in [0.3, 0.4) is 0 Å². The van der Waals surface area contributed by atoms with Gasteiger partial charge in [0.25, 0.3) is 0 Å². The molecule has 0 bridgehead atoms. The van der Waals surface area contributed by atoms with E-state index in [1.54, 1.807) is 0 Å². The van der Waals surface area contributed by atoms with Gasteiger partial charge in [-0.25, -0.2) is 0 Å². The van der Waals surface area contributed by atoms with E-state index in [4.69, 9.17) is 23.2 Å². The first-order valence-electron chi connectivity index (χ1n) is 8.63. The molecule has 0 amide bonds. The van der Waals surface area contributed by atoms with Crippen LogP contribution in [0.2, 0.25) is 10.0 Å². The third-order valence-electron chi connectivity index (χ3n) is 4.67. The van der Waals surface area contributed by atoms with Crippen LogP contribution in [0.4, 0.5) is 11.4 Å². The first-order chi connectivity index (χ1) is 12.7. The number of halogens is 2. The number of rotatable bonds is 4. The summed E-state index contributed by atoms with van der Waals surface area (Å²) in [5, 5.41) is 4.96. The molecule has 3 nitrogen and oxygen atoms in total. The summed E-state index contributed by atoms with van der Waals surface area (Å²) in [5.74, 6) is 0.